The summed E-state index contributed by atoms with van der Waals surface area (Å²) in [6.07, 6.45) is 0. The monoisotopic (exact) mass is 814 g/mol. The molecule has 0 fully saturated rings. The van der Waals surface area contributed by atoms with E-state index in [0.717, 1.165) is 22.7 Å². The van der Waals surface area contributed by atoms with Crippen molar-refractivity contribution in [3.8, 4) is 50.2 Å². The number of nitrogens with zero attached hydrogens (tertiary/aromatic N) is 2. The standard InChI is InChI=1S/C62H42N2/c1-4-16-43(17-5-1)44-28-37-52(38-29-44)64-59-27-15-14-22-53(59)58-42-48(34-41-60(58)64)45-30-35-50(36-31-45)63(49-20-8-3-9-21-49)51-39-32-47(33-40-51)62-56-25-12-10-23-54(56)61(46-18-6-2-7-19-46)55-24-11-13-26-57(55)62/h1-42H. The van der Waals surface area contributed by atoms with E-state index in [4.69, 9.17) is 0 Å². The molecule has 0 saturated carbocycles. The van der Waals surface area contributed by atoms with Crippen molar-refractivity contribution < 1.29 is 0 Å². The van der Waals surface area contributed by atoms with Crippen LogP contribution in [0.5, 0.6) is 0 Å². The third-order valence-electron chi connectivity index (χ3n) is 12.8. The van der Waals surface area contributed by atoms with Gasteiger partial charge in [-0.2, -0.15) is 0 Å². The van der Waals surface area contributed by atoms with Gasteiger partial charge in [0.15, 0.2) is 0 Å². The molecule has 12 rings (SSSR count). The maximum atomic E-state index is 2.39. The van der Waals surface area contributed by atoms with Crippen molar-refractivity contribution in [3.05, 3.63) is 255 Å². The van der Waals surface area contributed by atoms with Crippen molar-refractivity contribution in [2.75, 3.05) is 4.90 Å². The highest BCUT2D eigenvalue weighted by atomic mass is 15.1. The zero-order valence-electron chi connectivity index (χ0n) is 35.1. The van der Waals surface area contributed by atoms with E-state index in [1.165, 1.54) is 87.9 Å². The number of anilines is 3. The summed E-state index contributed by atoms with van der Waals surface area (Å²) in [4.78, 5) is 2.35. The van der Waals surface area contributed by atoms with Crippen LogP contribution in [0.25, 0.3) is 93.5 Å². The Kier molecular flexibility index (Phi) is 9.20. The fourth-order valence-electron chi connectivity index (χ4n) is 9.82. The number of hydrogen-bond donors (Lipinski definition) is 0. The fourth-order valence-corrected chi connectivity index (χ4v) is 9.82. The van der Waals surface area contributed by atoms with Crippen LogP contribution in [0.1, 0.15) is 0 Å². The van der Waals surface area contributed by atoms with Crippen LogP contribution < -0.4 is 4.90 Å². The van der Waals surface area contributed by atoms with Gasteiger partial charge in [0.1, 0.15) is 0 Å². The van der Waals surface area contributed by atoms with Gasteiger partial charge < -0.3 is 9.47 Å². The van der Waals surface area contributed by atoms with Crippen LogP contribution in [0.15, 0.2) is 255 Å². The molecule has 1 heterocycles. The normalized spacial score (nSPS) is 11.4. The second-order valence-electron chi connectivity index (χ2n) is 16.5. The van der Waals surface area contributed by atoms with E-state index in [0.29, 0.717) is 0 Å². The highest BCUT2D eigenvalue weighted by molar-refractivity contribution is 6.21. The quantitative estimate of drug-likeness (QED) is 0.139. The molecule has 12 aromatic rings. The Bertz CT molecular complexity index is 3550. The van der Waals surface area contributed by atoms with E-state index in [1.54, 1.807) is 0 Å². The molecule has 0 aliphatic heterocycles. The molecule has 0 unspecified atom stereocenters. The molecule has 0 N–H and O–H groups in total. The minimum Gasteiger partial charge on any atom is -0.311 e. The number of aromatic nitrogens is 1. The summed E-state index contributed by atoms with van der Waals surface area (Å²) in [5, 5.41) is 7.51. The van der Waals surface area contributed by atoms with Crippen molar-refractivity contribution in [1.82, 2.24) is 4.57 Å². The van der Waals surface area contributed by atoms with Gasteiger partial charge in [-0.05, 0) is 133 Å². The maximum absolute atomic E-state index is 2.39. The predicted molar refractivity (Wildman–Crippen MR) is 272 cm³/mol. The highest BCUT2D eigenvalue weighted by Gasteiger charge is 2.19. The van der Waals surface area contributed by atoms with Gasteiger partial charge in [0, 0.05) is 33.5 Å². The number of fused-ring (bicyclic) bond motifs is 5. The van der Waals surface area contributed by atoms with Crippen molar-refractivity contribution in [2.24, 2.45) is 0 Å². The largest absolute Gasteiger partial charge is 0.311 e. The molecule has 0 spiro atoms. The van der Waals surface area contributed by atoms with Gasteiger partial charge in [-0.15, -0.1) is 0 Å². The average molecular weight is 815 g/mol. The van der Waals surface area contributed by atoms with Gasteiger partial charge in [0.05, 0.1) is 11.0 Å². The molecule has 0 aliphatic rings. The number of para-hydroxylation sites is 2. The Balaban J connectivity index is 0.907. The van der Waals surface area contributed by atoms with Gasteiger partial charge in [-0.1, -0.05) is 188 Å². The predicted octanol–water partition coefficient (Wildman–Crippen LogP) is 17.2. The second-order valence-corrected chi connectivity index (χ2v) is 16.5. The summed E-state index contributed by atoms with van der Waals surface area (Å²) in [5.41, 5.74) is 16.6. The Morgan fingerprint density at radius 2 is 0.594 bits per heavy atom. The lowest BCUT2D eigenvalue weighted by molar-refractivity contribution is 1.18. The van der Waals surface area contributed by atoms with Crippen LogP contribution in [0.4, 0.5) is 17.1 Å². The first-order valence-corrected chi connectivity index (χ1v) is 22.0. The average Bonchev–Trinajstić information content (AvgIpc) is 3.71. The molecular weight excluding hydrogens is 773 g/mol. The topological polar surface area (TPSA) is 8.17 Å². The molecule has 0 atom stereocenters. The van der Waals surface area contributed by atoms with Gasteiger partial charge in [-0.25, -0.2) is 0 Å². The van der Waals surface area contributed by atoms with Crippen LogP contribution in [-0.2, 0) is 0 Å². The summed E-state index contributed by atoms with van der Waals surface area (Å²) in [6, 6.07) is 92.5. The first kappa shape index (κ1) is 37.3. The molecule has 0 saturated heterocycles. The SMILES string of the molecule is c1ccc(-c2ccc(-n3c4ccccc4c4cc(-c5ccc(N(c6ccccc6)c6ccc(-c7c8ccccc8c(-c8ccccc8)c8ccccc78)cc6)cc5)ccc43)cc2)cc1. The molecule has 64 heavy (non-hydrogen) atoms. The van der Waals surface area contributed by atoms with E-state index in [1.807, 2.05) is 0 Å². The maximum Gasteiger partial charge on any atom is 0.0541 e. The molecular formula is C62H42N2. The van der Waals surface area contributed by atoms with Crippen molar-refractivity contribution in [2.45, 2.75) is 0 Å². The number of rotatable bonds is 8. The van der Waals surface area contributed by atoms with Crippen molar-refractivity contribution in [1.29, 1.82) is 0 Å². The van der Waals surface area contributed by atoms with Crippen LogP contribution in [0, 0.1) is 0 Å². The van der Waals surface area contributed by atoms with E-state index in [2.05, 4.69) is 264 Å². The van der Waals surface area contributed by atoms with Crippen molar-refractivity contribution >= 4 is 60.4 Å². The lowest BCUT2D eigenvalue weighted by atomic mass is 9.86. The number of benzene rings is 11. The van der Waals surface area contributed by atoms with Gasteiger partial charge in [-0.3, -0.25) is 0 Å². The zero-order valence-corrected chi connectivity index (χ0v) is 35.1. The zero-order chi connectivity index (χ0) is 42.4. The Labute approximate surface area is 373 Å². The van der Waals surface area contributed by atoms with Crippen LogP contribution in [-0.4, -0.2) is 4.57 Å². The summed E-state index contributed by atoms with van der Waals surface area (Å²) < 4.78 is 2.39. The lowest BCUT2D eigenvalue weighted by Crippen LogP contribution is -2.09. The van der Waals surface area contributed by atoms with E-state index in [9.17, 15) is 0 Å². The molecule has 2 nitrogen and oxygen atoms in total. The summed E-state index contributed by atoms with van der Waals surface area (Å²) in [7, 11) is 0. The van der Waals surface area contributed by atoms with E-state index >= 15 is 0 Å². The molecule has 2 heteroatoms. The van der Waals surface area contributed by atoms with Crippen LogP contribution >= 0.6 is 0 Å². The first-order chi connectivity index (χ1) is 31.8. The molecule has 1 aromatic heterocycles. The van der Waals surface area contributed by atoms with Gasteiger partial charge in [0.2, 0.25) is 0 Å². The molecule has 300 valence electrons. The smallest absolute Gasteiger partial charge is 0.0541 e. The number of hydrogen-bond acceptors (Lipinski definition) is 1. The minimum atomic E-state index is 1.10. The Morgan fingerprint density at radius 3 is 1.16 bits per heavy atom. The summed E-state index contributed by atoms with van der Waals surface area (Å²) in [5.74, 6) is 0. The highest BCUT2D eigenvalue weighted by Crippen LogP contribution is 2.45. The molecule has 0 radical (unpaired) electrons. The fraction of sp³-hybridized carbons (Fsp3) is 0. The van der Waals surface area contributed by atoms with Crippen LogP contribution in [0.3, 0.4) is 0 Å². The Hall–Kier alpha value is -8.46. The summed E-state index contributed by atoms with van der Waals surface area (Å²) in [6.45, 7) is 0. The molecule has 0 aliphatic carbocycles. The van der Waals surface area contributed by atoms with E-state index in [-0.39, 0.29) is 0 Å². The first-order valence-electron chi connectivity index (χ1n) is 22.0. The summed E-state index contributed by atoms with van der Waals surface area (Å²) >= 11 is 0. The van der Waals surface area contributed by atoms with Crippen LogP contribution in [0.2, 0.25) is 0 Å². The van der Waals surface area contributed by atoms with Gasteiger partial charge >= 0.3 is 0 Å². The Morgan fingerprint density at radius 1 is 0.234 bits per heavy atom. The van der Waals surface area contributed by atoms with E-state index < -0.39 is 0 Å². The third kappa shape index (κ3) is 6.44. The third-order valence-corrected chi connectivity index (χ3v) is 12.8. The molecule has 0 amide bonds. The minimum absolute atomic E-state index is 1.10. The molecule has 11 aromatic carbocycles. The second kappa shape index (κ2) is 15.8. The van der Waals surface area contributed by atoms with Crippen molar-refractivity contribution in [3.63, 3.8) is 0 Å². The van der Waals surface area contributed by atoms with Gasteiger partial charge in [0.25, 0.3) is 0 Å². The molecule has 0 bridgehead atoms. The lowest BCUT2D eigenvalue weighted by Gasteiger charge is -2.26.